The molecule has 1 atom stereocenters. The molecule has 0 unspecified atom stereocenters. The van der Waals surface area contributed by atoms with Gasteiger partial charge in [0, 0.05) is 30.7 Å². The Hall–Kier alpha value is -2.89. The van der Waals surface area contributed by atoms with Crippen molar-refractivity contribution in [2.75, 3.05) is 18.4 Å². The van der Waals surface area contributed by atoms with Crippen LogP contribution in [0, 0.1) is 5.82 Å². The molecule has 0 bridgehead atoms. The van der Waals surface area contributed by atoms with Crippen LogP contribution in [0.4, 0.5) is 10.2 Å². The second-order valence-electron chi connectivity index (χ2n) is 8.72. The van der Waals surface area contributed by atoms with Gasteiger partial charge in [-0.2, -0.15) is 0 Å². The number of piperidine rings is 1. The number of nitrogens with zero attached hydrogens (tertiary/aromatic N) is 3. The van der Waals surface area contributed by atoms with E-state index in [-0.39, 0.29) is 22.9 Å². The fraction of sp³-hybridized carbons (Fsp3) is 0.391. The van der Waals surface area contributed by atoms with Gasteiger partial charge in [-0.3, -0.25) is 9.20 Å². The van der Waals surface area contributed by atoms with Gasteiger partial charge in [-0.05, 0) is 57.9 Å². The van der Waals surface area contributed by atoms with Crippen molar-refractivity contribution >= 4 is 17.4 Å². The summed E-state index contributed by atoms with van der Waals surface area (Å²) in [4.78, 5) is 19.6. The number of halogens is 1. The standard InChI is InChI=1S/C23H27FN4O/c1-23(2,3)26-21-20(25-19-12-6-7-14-28(19)21)16-9-8-13-27(15-16)22(29)17-10-4-5-11-18(17)24/h4-7,10-12,14,16,26H,8-9,13,15H2,1-3H3/t16-/m1/s1. The molecule has 152 valence electrons. The number of nitrogens with one attached hydrogen (secondary N) is 1. The first-order valence-electron chi connectivity index (χ1n) is 10.1. The van der Waals surface area contributed by atoms with Crippen LogP contribution in [0.2, 0.25) is 0 Å². The average Bonchev–Trinajstić information content (AvgIpc) is 3.05. The lowest BCUT2D eigenvalue weighted by Crippen LogP contribution is -2.40. The highest BCUT2D eigenvalue weighted by Gasteiger charge is 2.31. The maximum Gasteiger partial charge on any atom is 0.256 e. The number of pyridine rings is 1. The van der Waals surface area contributed by atoms with Gasteiger partial charge in [0.1, 0.15) is 17.3 Å². The number of hydrogen-bond donors (Lipinski definition) is 1. The lowest BCUT2D eigenvalue weighted by Gasteiger charge is -2.33. The molecule has 1 saturated heterocycles. The highest BCUT2D eigenvalue weighted by atomic mass is 19.1. The summed E-state index contributed by atoms with van der Waals surface area (Å²) < 4.78 is 16.2. The number of hydrogen-bond acceptors (Lipinski definition) is 3. The lowest BCUT2D eigenvalue weighted by molar-refractivity contribution is 0.0701. The molecule has 4 rings (SSSR count). The van der Waals surface area contributed by atoms with E-state index in [4.69, 9.17) is 4.98 Å². The molecule has 1 amide bonds. The number of benzene rings is 1. The maximum absolute atomic E-state index is 14.1. The molecule has 0 spiro atoms. The van der Waals surface area contributed by atoms with Crippen molar-refractivity contribution in [3.05, 3.63) is 65.7 Å². The number of carbonyl (C=O) groups excluding carboxylic acids is 1. The monoisotopic (exact) mass is 394 g/mol. The molecule has 3 aromatic rings. The first kappa shape index (κ1) is 19.4. The van der Waals surface area contributed by atoms with E-state index >= 15 is 0 Å². The fourth-order valence-electron chi connectivity index (χ4n) is 3.97. The molecule has 29 heavy (non-hydrogen) atoms. The zero-order valence-corrected chi connectivity index (χ0v) is 17.2. The van der Waals surface area contributed by atoms with E-state index in [2.05, 4.69) is 30.5 Å². The summed E-state index contributed by atoms with van der Waals surface area (Å²) in [5, 5.41) is 3.59. The normalized spacial score (nSPS) is 17.5. The van der Waals surface area contributed by atoms with Gasteiger partial charge in [0.15, 0.2) is 0 Å². The molecule has 0 aliphatic carbocycles. The second kappa shape index (κ2) is 7.50. The number of likely N-dealkylation sites (tertiary alicyclic amines) is 1. The predicted octanol–water partition coefficient (Wildman–Crippen LogP) is 4.70. The highest BCUT2D eigenvalue weighted by Crippen LogP contribution is 2.34. The first-order chi connectivity index (χ1) is 13.8. The maximum atomic E-state index is 14.1. The number of rotatable bonds is 3. The zero-order chi connectivity index (χ0) is 20.6. The van der Waals surface area contributed by atoms with E-state index in [1.807, 2.05) is 24.4 Å². The van der Waals surface area contributed by atoms with Crippen LogP contribution in [-0.2, 0) is 0 Å². The Balaban J connectivity index is 1.66. The smallest absolute Gasteiger partial charge is 0.256 e. The molecule has 1 N–H and O–H groups in total. The summed E-state index contributed by atoms with van der Waals surface area (Å²) in [5.74, 6) is 0.354. The fourth-order valence-corrected chi connectivity index (χ4v) is 3.97. The van der Waals surface area contributed by atoms with Gasteiger partial charge >= 0.3 is 0 Å². The quantitative estimate of drug-likeness (QED) is 0.700. The Morgan fingerprint density at radius 1 is 1.17 bits per heavy atom. The molecule has 0 saturated carbocycles. The molecule has 1 aliphatic rings. The molecule has 5 nitrogen and oxygen atoms in total. The van der Waals surface area contributed by atoms with Gasteiger partial charge in [0.05, 0.1) is 11.3 Å². The summed E-state index contributed by atoms with van der Waals surface area (Å²) in [5.41, 5.74) is 1.86. The Kier molecular flexibility index (Phi) is 5.03. The first-order valence-corrected chi connectivity index (χ1v) is 10.1. The molecule has 1 aliphatic heterocycles. The topological polar surface area (TPSA) is 49.6 Å². The Labute approximate surface area is 170 Å². The van der Waals surface area contributed by atoms with Gasteiger partial charge in [-0.25, -0.2) is 9.37 Å². The van der Waals surface area contributed by atoms with Crippen molar-refractivity contribution < 1.29 is 9.18 Å². The lowest BCUT2D eigenvalue weighted by atomic mass is 9.93. The molecule has 1 fully saturated rings. The van der Waals surface area contributed by atoms with Crippen LogP contribution in [-0.4, -0.2) is 38.8 Å². The molecule has 3 heterocycles. The van der Waals surface area contributed by atoms with E-state index in [0.29, 0.717) is 13.1 Å². The summed E-state index contributed by atoms with van der Waals surface area (Å²) >= 11 is 0. The number of carbonyl (C=O) groups is 1. The molecular weight excluding hydrogens is 367 g/mol. The van der Waals surface area contributed by atoms with Gasteiger partial charge in [0.2, 0.25) is 0 Å². The second-order valence-corrected chi connectivity index (χ2v) is 8.72. The molecular formula is C23H27FN4O. The summed E-state index contributed by atoms with van der Waals surface area (Å²) in [6, 6.07) is 12.1. The van der Waals surface area contributed by atoms with E-state index in [1.165, 1.54) is 6.07 Å². The Bertz CT molecular complexity index is 1040. The van der Waals surface area contributed by atoms with Crippen molar-refractivity contribution in [1.29, 1.82) is 0 Å². The predicted molar refractivity (Wildman–Crippen MR) is 113 cm³/mol. The summed E-state index contributed by atoms with van der Waals surface area (Å²) in [6.45, 7) is 7.53. The van der Waals surface area contributed by atoms with Crippen molar-refractivity contribution in [3.63, 3.8) is 0 Å². The van der Waals surface area contributed by atoms with Crippen LogP contribution < -0.4 is 5.32 Å². The molecule has 0 radical (unpaired) electrons. The van der Waals surface area contributed by atoms with E-state index in [0.717, 1.165) is 30.0 Å². The van der Waals surface area contributed by atoms with Gasteiger partial charge in [-0.15, -0.1) is 0 Å². The van der Waals surface area contributed by atoms with E-state index in [1.54, 1.807) is 23.1 Å². The SMILES string of the molecule is CC(C)(C)Nc1c([C@@H]2CCCN(C(=O)c3ccccc3F)C2)nc2ccccn12. The molecule has 1 aromatic carbocycles. The van der Waals surface area contributed by atoms with Crippen molar-refractivity contribution in [2.24, 2.45) is 0 Å². The summed E-state index contributed by atoms with van der Waals surface area (Å²) in [7, 11) is 0. The van der Waals surface area contributed by atoms with Crippen LogP contribution in [0.5, 0.6) is 0 Å². The van der Waals surface area contributed by atoms with E-state index in [9.17, 15) is 9.18 Å². The van der Waals surface area contributed by atoms with Crippen molar-refractivity contribution in [1.82, 2.24) is 14.3 Å². The van der Waals surface area contributed by atoms with Crippen molar-refractivity contribution in [2.45, 2.75) is 45.1 Å². The largest absolute Gasteiger partial charge is 0.365 e. The third kappa shape index (κ3) is 3.97. The third-order valence-electron chi connectivity index (χ3n) is 5.25. The number of aromatic nitrogens is 2. The minimum Gasteiger partial charge on any atom is -0.365 e. The molecule has 2 aromatic heterocycles. The van der Waals surface area contributed by atoms with Crippen LogP contribution in [0.15, 0.2) is 48.7 Å². The van der Waals surface area contributed by atoms with Gasteiger partial charge in [0.25, 0.3) is 5.91 Å². The third-order valence-corrected chi connectivity index (χ3v) is 5.25. The van der Waals surface area contributed by atoms with Crippen LogP contribution in [0.1, 0.15) is 55.6 Å². The Morgan fingerprint density at radius 2 is 1.93 bits per heavy atom. The minimum absolute atomic E-state index is 0.101. The van der Waals surface area contributed by atoms with Crippen LogP contribution in [0.25, 0.3) is 5.65 Å². The average molecular weight is 394 g/mol. The number of fused-ring (bicyclic) bond motifs is 1. The summed E-state index contributed by atoms with van der Waals surface area (Å²) in [6.07, 6.45) is 3.82. The number of anilines is 1. The van der Waals surface area contributed by atoms with Crippen LogP contribution in [0.3, 0.4) is 0 Å². The van der Waals surface area contributed by atoms with Crippen LogP contribution >= 0.6 is 0 Å². The van der Waals surface area contributed by atoms with Gasteiger partial charge in [-0.1, -0.05) is 18.2 Å². The zero-order valence-electron chi connectivity index (χ0n) is 17.2. The number of amides is 1. The Morgan fingerprint density at radius 3 is 2.69 bits per heavy atom. The van der Waals surface area contributed by atoms with Gasteiger partial charge < -0.3 is 10.2 Å². The highest BCUT2D eigenvalue weighted by molar-refractivity contribution is 5.94. The van der Waals surface area contributed by atoms with E-state index < -0.39 is 5.82 Å². The number of imidazole rings is 1. The minimum atomic E-state index is -0.470. The molecule has 6 heteroatoms. The van der Waals surface area contributed by atoms with Crippen molar-refractivity contribution in [3.8, 4) is 0 Å².